The summed E-state index contributed by atoms with van der Waals surface area (Å²) in [6, 6.07) is 4.62. The van der Waals surface area contributed by atoms with E-state index >= 15 is 0 Å². The molecule has 2 N–H and O–H groups in total. The number of halogens is 1. The van der Waals surface area contributed by atoms with Crippen LogP contribution < -0.4 is 10.6 Å². The fourth-order valence-corrected chi connectivity index (χ4v) is 3.73. The molecule has 150 valence electrons. The molecule has 0 aliphatic carbocycles. The van der Waals surface area contributed by atoms with E-state index in [-0.39, 0.29) is 24.0 Å². The third kappa shape index (κ3) is 8.51. The molecule has 26 heavy (non-hydrogen) atoms. The first-order valence-corrected chi connectivity index (χ1v) is 9.92. The van der Waals surface area contributed by atoms with Crippen molar-refractivity contribution in [2.75, 3.05) is 54.1 Å². The highest BCUT2D eigenvalue weighted by Crippen LogP contribution is 2.22. The van der Waals surface area contributed by atoms with E-state index in [4.69, 9.17) is 9.47 Å². The van der Waals surface area contributed by atoms with Crippen LogP contribution in [-0.4, -0.2) is 71.0 Å². The third-order valence-electron chi connectivity index (χ3n) is 4.27. The molecule has 2 heterocycles. The highest BCUT2D eigenvalue weighted by molar-refractivity contribution is 14.0. The second-order valence-corrected chi connectivity index (χ2v) is 7.42. The minimum absolute atomic E-state index is 0. The van der Waals surface area contributed by atoms with Gasteiger partial charge in [0.05, 0.1) is 18.8 Å². The summed E-state index contributed by atoms with van der Waals surface area (Å²) >= 11 is 1.79. The summed E-state index contributed by atoms with van der Waals surface area (Å²) in [5.41, 5.74) is 0. The average molecular weight is 496 g/mol. The van der Waals surface area contributed by atoms with Gasteiger partial charge in [0.25, 0.3) is 0 Å². The number of rotatable bonds is 10. The van der Waals surface area contributed by atoms with Crippen LogP contribution in [0.4, 0.5) is 0 Å². The van der Waals surface area contributed by atoms with Gasteiger partial charge in [-0.15, -0.1) is 35.3 Å². The van der Waals surface area contributed by atoms with Crippen LogP contribution in [0.3, 0.4) is 0 Å². The molecule has 1 aliphatic rings. The van der Waals surface area contributed by atoms with Crippen molar-refractivity contribution in [3.8, 4) is 0 Å². The van der Waals surface area contributed by atoms with Gasteiger partial charge in [-0.25, -0.2) is 0 Å². The van der Waals surface area contributed by atoms with E-state index in [1.54, 1.807) is 18.4 Å². The molecular formula is C18H33IN4O2S. The Morgan fingerprint density at radius 2 is 2.31 bits per heavy atom. The van der Waals surface area contributed by atoms with Gasteiger partial charge in [0.15, 0.2) is 5.96 Å². The van der Waals surface area contributed by atoms with Crippen LogP contribution in [0.15, 0.2) is 22.5 Å². The van der Waals surface area contributed by atoms with E-state index in [1.807, 2.05) is 0 Å². The minimum atomic E-state index is 0. The molecule has 1 aromatic rings. The molecule has 1 aliphatic heterocycles. The number of nitrogens with zero attached hydrogens (tertiary/aromatic N) is 2. The Labute approximate surface area is 178 Å². The largest absolute Gasteiger partial charge is 0.379 e. The Kier molecular flexibility index (Phi) is 12.4. The van der Waals surface area contributed by atoms with Crippen LogP contribution in [0.2, 0.25) is 0 Å². The maximum Gasteiger partial charge on any atom is 0.191 e. The minimum Gasteiger partial charge on any atom is -0.379 e. The topological polar surface area (TPSA) is 58.1 Å². The smallest absolute Gasteiger partial charge is 0.191 e. The Balaban J connectivity index is 0.00000338. The fraction of sp³-hybridized carbons (Fsp3) is 0.722. The quantitative estimate of drug-likeness (QED) is 0.226. The van der Waals surface area contributed by atoms with E-state index in [0.29, 0.717) is 12.1 Å². The molecule has 8 heteroatoms. The zero-order valence-electron chi connectivity index (χ0n) is 16.1. The SMILES string of the molecule is CN=C(NCCCOCC1CCCO1)NCC(c1cccs1)N(C)C.I. The zero-order valence-corrected chi connectivity index (χ0v) is 19.2. The van der Waals surface area contributed by atoms with Crippen LogP contribution >= 0.6 is 35.3 Å². The molecule has 6 nitrogen and oxygen atoms in total. The Morgan fingerprint density at radius 1 is 1.46 bits per heavy atom. The summed E-state index contributed by atoms with van der Waals surface area (Å²) in [7, 11) is 6.01. The Bertz CT molecular complexity index is 493. The van der Waals surface area contributed by atoms with E-state index in [9.17, 15) is 0 Å². The maximum atomic E-state index is 5.68. The van der Waals surface area contributed by atoms with E-state index in [0.717, 1.165) is 58.1 Å². The second kappa shape index (κ2) is 13.7. The predicted molar refractivity (Wildman–Crippen MR) is 120 cm³/mol. The normalized spacial score (nSPS) is 18.6. The first kappa shape index (κ1) is 23.6. The van der Waals surface area contributed by atoms with Gasteiger partial charge >= 0.3 is 0 Å². The van der Waals surface area contributed by atoms with Crippen molar-refractivity contribution in [3.63, 3.8) is 0 Å². The summed E-state index contributed by atoms with van der Waals surface area (Å²) in [5, 5.41) is 8.89. The Morgan fingerprint density at radius 3 is 2.92 bits per heavy atom. The second-order valence-electron chi connectivity index (χ2n) is 6.44. The molecule has 0 amide bonds. The highest BCUT2D eigenvalue weighted by Gasteiger charge is 2.16. The number of ether oxygens (including phenoxy) is 2. The molecule has 0 aromatic carbocycles. The monoisotopic (exact) mass is 496 g/mol. The van der Waals surface area contributed by atoms with Gasteiger partial charge in [-0.1, -0.05) is 6.07 Å². The standard InChI is InChI=1S/C18H32N4O2S.HI/c1-19-18(20-9-6-10-23-14-15-7-4-11-24-15)21-13-16(22(2)3)17-8-5-12-25-17;/h5,8,12,15-16H,4,6-7,9-11,13-14H2,1-3H3,(H2,19,20,21);1H. The molecule has 1 fully saturated rings. The zero-order chi connectivity index (χ0) is 17.9. The first-order valence-electron chi connectivity index (χ1n) is 9.04. The van der Waals surface area contributed by atoms with Crippen molar-refractivity contribution in [2.24, 2.45) is 4.99 Å². The molecule has 1 aromatic heterocycles. The van der Waals surface area contributed by atoms with Gasteiger partial charge in [-0.2, -0.15) is 0 Å². The van der Waals surface area contributed by atoms with Crippen LogP contribution in [-0.2, 0) is 9.47 Å². The van der Waals surface area contributed by atoms with E-state index < -0.39 is 0 Å². The van der Waals surface area contributed by atoms with Crippen LogP contribution in [0.25, 0.3) is 0 Å². The molecular weight excluding hydrogens is 463 g/mol. The summed E-state index contributed by atoms with van der Waals surface area (Å²) in [5.74, 6) is 0.836. The predicted octanol–water partition coefficient (Wildman–Crippen LogP) is 2.72. The van der Waals surface area contributed by atoms with Crippen molar-refractivity contribution in [3.05, 3.63) is 22.4 Å². The molecule has 0 bridgehead atoms. The van der Waals surface area contributed by atoms with Crippen LogP contribution in [0.5, 0.6) is 0 Å². The molecule has 1 saturated heterocycles. The van der Waals surface area contributed by atoms with Gasteiger partial charge in [-0.05, 0) is 44.8 Å². The fourth-order valence-electron chi connectivity index (χ4n) is 2.80. The van der Waals surface area contributed by atoms with Crippen LogP contribution in [0, 0.1) is 0 Å². The van der Waals surface area contributed by atoms with Gasteiger partial charge in [0.1, 0.15) is 0 Å². The number of hydrogen-bond acceptors (Lipinski definition) is 5. The summed E-state index contributed by atoms with van der Waals surface area (Å²) in [6.45, 7) is 4.02. The molecule has 2 unspecified atom stereocenters. The lowest BCUT2D eigenvalue weighted by Gasteiger charge is -2.24. The number of nitrogens with one attached hydrogen (secondary N) is 2. The number of aliphatic imine (C=N–C) groups is 1. The van der Waals surface area contributed by atoms with Gasteiger partial charge in [-0.3, -0.25) is 4.99 Å². The molecule has 0 spiro atoms. The van der Waals surface area contributed by atoms with Crippen molar-refractivity contribution in [1.82, 2.24) is 15.5 Å². The van der Waals surface area contributed by atoms with Gasteiger partial charge < -0.3 is 25.0 Å². The van der Waals surface area contributed by atoms with Crippen LogP contribution in [0.1, 0.15) is 30.2 Å². The maximum absolute atomic E-state index is 5.68. The number of guanidine groups is 1. The first-order chi connectivity index (χ1) is 12.2. The molecule has 0 saturated carbocycles. The number of hydrogen-bond donors (Lipinski definition) is 2. The van der Waals surface area contributed by atoms with Crippen molar-refractivity contribution < 1.29 is 9.47 Å². The number of likely N-dealkylation sites (N-methyl/N-ethyl adjacent to an activating group) is 1. The Hall–Kier alpha value is -0.420. The summed E-state index contributed by atoms with van der Waals surface area (Å²) in [4.78, 5) is 7.88. The van der Waals surface area contributed by atoms with Crippen molar-refractivity contribution >= 4 is 41.3 Å². The number of thiophene rings is 1. The lowest BCUT2D eigenvalue weighted by molar-refractivity contribution is 0.0168. The average Bonchev–Trinajstić information content (AvgIpc) is 3.29. The molecule has 0 radical (unpaired) electrons. The third-order valence-corrected chi connectivity index (χ3v) is 5.24. The molecule has 2 rings (SSSR count). The van der Waals surface area contributed by atoms with E-state index in [2.05, 4.69) is 52.1 Å². The van der Waals surface area contributed by atoms with Crippen molar-refractivity contribution in [2.45, 2.75) is 31.4 Å². The van der Waals surface area contributed by atoms with E-state index in [1.165, 1.54) is 4.88 Å². The summed E-state index contributed by atoms with van der Waals surface area (Å²) < 4.78 is 11.2. The van der Waals surface area contributed by atoms with Crippen molar-refractivity contribution in [1.29, 1.82) is 0 Å². The summed E-state index contributed by atoms with van der Waals surface area (Å²) in [6.07, 6.45) is 3.56. The lowest BCUT2D eigenvalue weighted by Crippen LogP contribution is -2.42. The van der Waals surface area contributed by atoms with Gasteiger partial charge in [0, 0.05) is 38.2 Å². The van der Waals surface area contributed by atoms with Gasteiger partial charge in [0.2, 0.25) is 0 Å². The lowest BCUT2D eigenvalue weighted by atomic mass is 10.2. The highest BCUT2D eigenvalue weighted by atomic mass is 127. The molecule has 2 atom stereocenters.